The molecule has 0 heterocycles. The van der Waals surface area contributed by atoms with Crippen LogP contribution in [0.25, 0.3) is 0 Å². The van der Waals surface area contributed by atoms with Crippen LogP contribution in [-0.2, 0) is 11.0 Å². The van der Waals surface area contributed by atoms with E-state index in [-0.39, 0.29) is 35.3 Å². The number of hydrogen-bond donors (Lipinski definition) is 3. The zero-order chi connectivity index (χ0) is 33.0. The summed E-state index contributed by atoms with van der Waals surface area (Å²) in [5.74, 6) is -2.04. The number of carbonyl (C=O) groups is 2. The number of halogens is 4. The molecule has 4 fully saturated rings. The number of alkyl halides is 3. The molecule has 4 aliphatic carbocycles. The fraction of sp³-hybridized carbons (Fsp3) is 0.556. The predicted octanol–water partition coefficient (Wildman–Crippen LogP) is 7.63. The van der Waals surface area contributed by atoms with Gasteiger partial charge in [0.15, 0.2) is 0 Å². The van der Waals surface area contributed by atoms with Crippen molar-refractivity contribution in [1.29, 1.82) is 0 Å². The van der Waals surface area contributed by atoms with Crippen LogP contribution in [0.15, 0.2) is 48.0 Å². The Balaban J connectivity index is 1.27. The van der Waals surface area contributed by atoms with Gasteiger partial charge in [-0.15, -0.1) is 0 Å². The van der Waals surface area contributed by atoms with E-state index < -0.39 is 41.0 Å². The van der Waals surface area contributed by atoms with Gasteiger partial charge in [-0.05, 0) is 112 Å². The van der Waals surface area contributed by atoms with E-state index in [1.807, 2.05) is 26.0 Å². The average Bonchev–Trinajstić information content (AvgIpc) is 3.68. The first kappa shape index (κ1) is 32.5. The molecule has 2 amide bonds. The lowest BCUT2D eigenvalue weighted by molar-refractivity contribution is -0.140. The Bertz CT molecular complexity index is 1520. The molecule has 6 rings (SSSR count). The maximum atomic E-state index is 14.0. The monoisotopic (exact) mass is 642 g/mol. The fourth-order valence-electron chi connectivity index (χ4n) is 8.32. The summed E-state index contributed by atoms with van der Waals surface area (Å²) in [5.41, 5.74) is 0.118. The van der Waals surface area contributed by atoms with Crippen LogP contribution >= 0.6 is 0 Å². The van der Waals surface area contributed by atoms with Crippen molar-refractivity contribution < 1.29 is 37.0 Å². The molecule has 0 aromatic heterocycles. The van der Waals surface area contributed by atoms with E-state index in [9.17, 15) is 32.3 Å². The van der Waals surface area contributed by atoms with Crippen LogP contribution in [0.5, 0.6) is 5.75 Å². The van der Waals surface area contributed by atoms with Crippen LogP contribution in [-0.4, -0.2) is 35.7 Å². The van der Waals surface area contributed by atoms with E-state index in [1.54, 1.807) is 6.07 Å². The minimum absolute atomic E-state index is 0.0717. The van der Waals surface area contributed by atoms with Gasteiger partial charge in [0.2, 0.25) is 5.91 Å². The molecule has 4 saturated carbocycles. The molecule has 3 N–H and O–H groups in total. The van der Waals surface area contributed by atoms with Crippen LogP contribution in [0.3, 0.4) is 0 Å². The largest absolute Gasteiger partial charge is 0.496 e. The Morgan fingerprint density at radius 2 is 1.67 bits per heavy atom. The number of aliphatic hydroxyl groups is 1. The van der Waals surface area contributed by atoms with Gasteiger partial charge in [-0.1, -0.05) is 30.6 Å². The molecule has 0 saturated heterocycles. The van der Waals surface area contributed by atoms with Crippen molar-refractivity contribution in [2.24, 2.45) is 29.6 Å². The van der Waals surface area contributed by atoms with Gasteiger partial charge in [0, 0.05) is 17.6 Å². The van der Waals surface area contributed by atoms with Gasteiger partial charge in [-0.3, -0.25) is 9.59 Å². The van der Waals surface area contributed by atoms with E-state index in [1.165, 1.54) is 7.11 Å². The number of amides is 2. The SMILES string of the molecule is COc1ccc(C2CC(C(C)(C)O)C2)cc1C(=O)N[C@H]1[C@@H](C(=O)Nc2ccc(F)c(C(F)(F)F)c2)[C@H]2CC[C@@H]1/C2=C\C1CCCC1. The van der Waals surface area contributed by atoms with E-state index in [0.717, 1.165) is 68.6 Å². The van der Waals surface area contributed by atoms with Gasteiger partial charge in [-0.25, -0.2) is 4.39 Å². The third kappa shape index (κ3) is 6.29. The lowest BCUT2D eigenvalue weighted by Crippen LogP contribution is -2.48. The molecule has 2 aromatic carbocycles. The number of benzene rings is 2. The van der Waals surface area contributed by atoms with E-state index in [2.05, 4.69) is 16.7 Å². The first-order chi connectivity index (χ1) is 21.7. The number of anilines is 1. The number of fused-ring (bicyclic) bond motifs is 2. The van der Waals surface area contributed by atoms with Crippen molar-refractivity contribution in [2.45, 2.75) is 89.0 Å². The van der Waals surface area contributed by atoms with Crippen LogP contribution in [0.4, 0.5) is 23.2 Å². The highest BCUT2D eigenvalue weighted by Gasteiger charge is 2.55. The summed E-state index contributed by atoms with van der Waals surface area (Å²) in [7, 11) is 1.49. The molecule has 6 nitrogen and oxygen atoms in total. The van der Waals surface area contributed by atoms with Gasteiger partial charge < -0.3 is 20.5 Å². The molecule has 4 atom stereocenters. The van der Waals surface area contributed by atoms with Crippen molar-refractivity contribution in [3.63, 3.8) is 0 Å². The number of carbonyl (C=O) groups excluding carboxylic acids is 2. The van der Waals surface area contributed by atoms with Crippen molar-refractivity contribution in [1.82, 2.24) is 5.32 Å². The molecule has 0 spiro atoms. The zero-order valence-electron chi connectivity index (χ0n) is 26.4. The second kappa shape index (κ2) is 12.3. The number of hydrogen-bond acceptors (Lipinski definition) is 4. The summed E-state index contributed by atoms with van der Waals surface area (Å²) < 4.78 is 59.7. The van der Waals surface area contributed by atoms with Gasteiger partial charge in [0.25, 0.3) is 5.91 Å². The van der Waals surface area contributed by atoms with Crippen LogP contribution in [0.2, 0.25) is 0 Å². The molecular formula is C36H42F4N2O4. The molecule has 46 heavy (non-hydrogen) atoms. The Labute approximate surface area is 267 Å². The van der Waals surface area contributed by atoms with Crippen molar-refractivity contribution in [3.8, 4) is 5.75 Å². The van der Waals surface area contributed by atoms with Crippen LogP contribution in [0, 0.1) is 35.4 Å². The number of allylic oxidation sites excluding steroid dienone is 1. The number of ether oxygens (including phenoxy) is 1. The van der Waals surface area contributed by atoms with Crippen molar-refractivity contribution in [3.05, 3.63) is 70.6 Å². The van der Waals surface area contributed by atoms with E-state index in [0.29, 0.717) is 29.4 Å². The normalized spacial score (nSPS) is 28.7. The molecule has 2 bridgehead atoms. The average molecular weight is 643 g/mol. The van der Waals surface area contributed by atoms with Gasteiger partial charge in [0.1, 0.15) is 11.6 Å². The van der Waals surface area contributed by atoms with Gasteiger partial charge in [0.05, 0.1) is 29.8 Å². The van der Waals surface area contributed by atoms with E-state index >= 15 is 0 Å². The third-order valence-corrected chi connectivity index (χ3v) is 10.9. The number of methoxy groups -OCH3 is 1. The summed E-state index contributed by atoms with van der Waals surface area (Å²) in [5, 5.41) is 16.2. The summed E-state index contributed by atoms with van der Waals surface area (Å²) in [6.07, 6.45) is 4.98. The summed E-state index contributed by atoms with van der Waals surface area (Å²) in [6.45, 7) is 3.62. The highest BCUT2D eigenvalue weighted by molar-refractivity contribution is 5.99. The quantitative estimate of drug-likeness (QED) is 0.204. The Morgan fingerprint density at radius 3 is 2.33 bits per heavy atom. The third-order valence-electron chi connectivity index (χ3n) is 10.9. The molecule has 0 aliphatic heterocycles. The molecule has 10 heteroatoms. The Kier molecular flexibility index (Phi) is 8.72. The highest BCUT2D eigenvalue weighted by Crippen LogP contribution is 2.54. The van der Waals surface area contributed by atoms with Crippen LogP contribution < -0.4 is 15.4 Å². The Morgan fingerprint density at radius 1 is 0.978 bits per heavy atom. The molecule has 248 valence electrons. The molecule has 0 radical (unpaired) electrons. The van der Waals surface area contributed by atoms with Crippen molar-refractivity contribution in [2.75, 3.05) is 12.4 Å². The van der Waals surface area contributed by atoms with Gasteiger partial charge in [-0.2, -0.15) is 13.2 Å². The predicted molar refractivity (Wildman–Crippen MR) is 166 cm³/mol. The zero-order valence-corrected chi connectivity index (χ0v) is 26.4. The molecule has 2 aromatic rings. The lowest BCUT2D eigenvalue weighted by atomic mass is 9.65. The van der Waals surface area contributed by atoms with Crippen LogP contribution in [0.1, 0.15) is 92.6 Å². The fourth-order valence-corrected chi connectivity index (χ4v) is 8.32. The highest BCUT2D eigenvalue weighted by atomic mass is 19.4. The maximum absolute atomic E-state index is 14.0. The second-order valence-electron chi connectivity index (χ2n) is 14.2. The smallest absolute Gasteiger partial charge is 0.419 e. The number of nitrogens with one attached hydrogen (secondary N) is 2. The standard InChI is InChI=1S/C36H42F4N2O4/c1-35(2,45)22-15-21(16-22)20-8-13-30(46-3)27(17-20)33(43)42-32-25-11-10-24(26(25)14-19-6-4-5-7-19)31(32)34(44)41-23-9-12-29(37)28(18-23)36(38,39)40/h8-9,12-14,17-19,21-22,24-25,31-32,45H,4-7,10-11,15-16H2,1-3H3,(H,41,44)(H,42,43)/b26-14-/t21?,22?,24-,25+,31-,32+/m0/s1. The topological polar surface area (TPSA) is 87.7 Å². The number of rotatable bonds is 8. The second-order valence-corrected chi connectivity index (χ2v) is 14.2. The first-order valence-corrected chi connectivity index (χ1v) is 16.3. The minimum Gasteiger partial charge on any atom is -0.496 e. The Hall–Kier alpha value is -3.40. The maximum Gasteiger partial charge on any atom is 0.419 e. The molecule has 0 unspecified atom stereocenters. The first-order valence-electron chi connectivity index (χ1n) is 16.3. The summed E-state index contributed by atoms with van der Waals surface area (Å²) in [6, 6.07) is 7.40. The molecule has 4 aliphatic rings. The summed E-state index contributed by atoms with van der Waals surface area (Å²) in [4.78, 5) is 27.9. The van der Waals surface area contributed by atoms with E-state index in [4.69, 9.17) is 4.74 Å². The summed E-state index contributed by atoms with van der Waals surface area (Å²) >= 11 is 0. The lowest BCUT2D eigenvalue weighted by Gasteiger charge is -2.43. The van der Waals surface area contributed by atoms with Crippen molar-refractivity contribution >= 4 is 17.5 Å². The minimum atomic E-state index is -4.91. The van der Waals surface area contributed by atoms with Gasteiger partial charge >= 0.3 is 6.18 Å². The molecular weight excluding hydrogens is 600 g/mol.